The Labute approximate surface area is 126 Å². The third kappa shape index (κ3) is 2.78. The number of nitrogens with zero attached hydrogens (tertiary/aromatic N) is 1. The van der Waals surface area contributed by atoms with Gasteiger partial charge in [-0.25, -0.2) is 4.98 Å². The Kier molecular flexibility index (Phi) is 3.78. The average Bonchev–Trinajstić information content (AvgIpc) is 2.56. The number of fused-ring (bicyclic) bond motifs is 1. The molecule has 0 saturated heterocycles. The summed E-state index contributed by atoms with van der Waals surface area (Å²) < 4.78 is 0. The molecule has 0 fully saturated rings. The predicted octanol–water partition coefficient (Wildman–Crippen LogP) is 3.03. The maximum Gasteiger partial charge on any atom is 0.257 e. The molecule has 0 spiro atoms. The van der Waals surface area contributed by atoms with E-state index in [1.54, 1.807) is 24.5 Å². The molecule has 0 saturated carbocycles. The summed E-state index contributed by atoms with van der Waals surface area (Å²) in [4.78, 5) is 19.0. The largest absolute Gasteiger partial charge is 0.361 e. The summed E-state index contributed by atoms with van der Waals surface area (Å²) in [5.41, 5.74) is 2.09. The second kappa shape index (κ2) is 6.05. The van der Waals surface area contributed by atoms with Gasteiger partial charge in [-0.1, -0.05) is 18.2 Å². The van der Waals surface area contributed by atoms with Crippen LogP contribution in [0.5, 0.6) is 0 Å². The summed E-state index contributed by atoms with van der Waals surface area (Å²) in [6.45, 7) is 0. The smallest absolute Gasteiger partial charge is 0.257 e. The van der Waals surface area contributed by atoms with Gasteiger partial charge in [0.1, 0.15) is 5.65 Å². The van der Waals surface area contributed by atoms with Crippen LogP contribution in [0, 0.1) is 5.41 Å². The summed E-state index contributed by atoms with van der Waals surface area (Å²) in [6, 6.07) is 15.0. The van der Waals surface area contributed by atoms with E-state index in [2.05, 4.69) is 15.3 Å². The molecule has 2 aromatic heterocycles. The minimum absolute atomic E-state index is 0.268. The molecule has 0 amide bonds. The SMILES string of the molecule is N=C/C(=C\Nc1ccccc1)c1cc2cccnc2[nH]c1=O. The van der Waals surface area contributed by atoms with Crippen molar-refractivity contribution >= 4 is 28.5 Å². The van der Waals surface area contributed by atoms with Gasteiger partial charge in [-0.05, 0) is 30.3 Å². The molecule has 3 N–H and O–H groups in total. The number of nitrogens with one attached hydrogen (secondary N) is 3. The number of H-pyrrole nitrogens is 1. The van der Waals surface area contributed by atoms with E-state index in [1.807, 2.05) is 36.4 Å². The van der Waals surface area contributed by atoms with Crippen molar-refractivity contribution in [3.8, 4) is 0 Å². The van der Waals surface area contributed by atoms with Gasteiger partial charge in [-0.15, -0.1) is 0 Å². The molecule has 0 unspecified atom stereocenters. The van der Waals surface area contributed by atoms with Crippen LogP contribution in [0.4, 0.5) is 5.69 Å². The fourth-order valence-electron chi connectivity index (χ4n) is 2.14. The first-order valence-corrected chi connectivity index (χ1v) is 6.78. The minimum Gasteiger partial charge on any atom is -0.361 e. The third-order valence-electron chi connectivity index (χ3n) is 3.25. The number of benzene rings is 1. The average molecular weight is 290 g/mol. The molecule has 5 heteroatoms. The Bertz CT molecular complexity index is 897. The van der Waals surface area contributed by atoms with Gasteiger partial charge < -0.3 is 15.7 Å². The van der Waals surface area contributed by atoms with Crippen molar-refractivity contribution in [2.45, 2.75) is 0 Å². The van der Waals surface area contributed by atoms with Crippen molar-refractivity contribution in [1.29, 1.82) is 5.41 Å². The Morgan fingerprint density at radius 2 is 2.00 bits per heavy atom. The van der Waals surface area contributed by atoms with E-state index in [9.17, 15) is 4.79 Å². The predicted molar refractivity (Wildman–Crippen MR) is 89.2 cm³/mol. The quantitative estimate of drug-likeness (QED) is 0.646. The molecule has 0 aliphatic rings. The van der Waals surface area contributed by atoms with E-state index in [0.717, 1.165) is 17.3 Å². The number of anilines is 1. The Morgan fingerprint density at radius 3 is 2.77 bits per heavy atom. The van der Waals surface area contributed by atoms with Gasteiger partial charge >= 0.3 is 0 Å². The number of hydrogen-bond donors (Lipinski definition) is 3. The third-order valence-corrected chi connectivity index (χ3v) is 3.25. The maximum atomic E-state index is 12.2. The van der Waals surface area contributed by atoms with Crippen LogP contribution in [0.15, 0.2) is 65.7 Å². The van der Waals surface area contributed by atoms with Gasteiger partial charge in [0.2, 0.25) is 0 Å². The van der Waals surface area contributed by atoms with Gasteiger partial charge in [0.15, 0.2) is 0 Å². The monoisotopic (exact) mass is 290 g/mol. The van der Waals surface area contributed by atoms with Crippen LogP contribution in [0.3, 0.4) is 0 Å². The molecule has 0 aliphatic carbocycles. The molecule has 22 heavy (non-hydrogen) atoms. The van der Waals surface area contributed by atoms with Gasteiger partial charge in [0, 0.05) is 35.3 Å². The van der Waals surface area contributed by atoms with Crippen molar-refractivity contribution < 1.29 is 0 Å². The first-order chi connectivity index (χ1) is 10.8. The number of aromatic amines is 1. The molecule has 0 radical (unpaired) electrons. The Balaban J connectivity index is 2.01. The van der Waals surface area contributed by atoms with E-state index < -0.39 is 0 Å². The molecule has 5 nitrogen and oxygen atoms in total. The number of aromatic nitrogens is 2. The zero-order chi connectivity index (χ0) is 15.4. The van der Waals surface area contributed by atoms with E-state index >= 15 is 0 Å². The molecular formula is C17H14N4O. The normalized spacial score (nSPS) is 11.4. The first-order valence-electron chi connectivity index (χ1n) is 6.78. The Morgan fingerprint density at radius 1 is 1.18 bits per heavy atom. The zero-order valence-electron chi connectivity index (χ0n) is 11.7. The van der Waals surface area contributed by atoms with Crippen molar-refractivity contribution in [3.63, 3.8) is 0 Å². The van der Waals surface area contributed by atoms with Crippen LogP contribution in [-0.2, 0) is 0 Å². The lowest BCUT2D eigenvalue weighted by Gasteiger charge is -2.05. The molecule has 2 heterocycles. The van der Waals surface area contributed by atoms with Crippen molar-refractivity contribution in [3.05, 3.63) is 76.8 Å². The highest BCUT2D eigenvalue weighted by Crippen LogP contribution is 2.14. The van der Waals surface area contributed by atoms with E-state index in [-0.39, 0.29) is 5.56 Å². The van der Waals surface area contributed by atoms with E-state index in [0.29, 0.717) is 16.8 Å². The molecule has 0 bridgehead atoms. The highest BCUT2D eigenvalue weighted by molar-refractivity contribution is 6.09. The lowest BCUT2D eigenvalue weighted by atomic mass is 10.1. The van der Waals surface area contributed by atoms with Crippen LogP contribution in [-0.4, -0.2) is 16.2 Å². The molecule has 1 aromatic carbocycles. The Hall–Kier alpha value is -3.21. The number of para-hydroxylation sites is 1. The summed E-state index contributed by atoms with van der Waals surface area (Å²) in [5.74, 6) is 0. The number of allylic oxidation sites excluding steroid dienone is 1. The summed E-state index contributed by atoms with van der Waals surface area (Å²) >= 11 is 0. The van der Waals surface area contributed by atoms with Crippen LogP contribution in [0.25, 0.3) is 16.6 Å². The molecule has 0 atom stereocenters. The van der Waals surface area contributed by atoms with E-state index in [1.165, 1.54) is 0 Å². The minimum atomic E-state index is -0.268. The second-order valence-corrected chi connectivity index (χ2v) is 4.71. The topological polar surface area (TPSA) is 81.6 Å². The van der Waals surface area contributed by atoms with Crippen molar-refractivity contribution in [1.82, 2.24) is 9.97 Å². The van der Waals surface area contributed by atoms with Crippen molar-refractivity contribution in [2.24, 2.45) is 0 Å². The van der Waals surface area contributed by atoms with Crippen LogP contribution in [0.2, 0.25) is 0 Å². The summed E-state index contributed by atoms with van der Waals surface area (Å²) in [6.07, 6.45) is 4.43. The molecule has 3 rings (SSSR count). The molecule has 3 aromatic rings. The van der Waals surface area contributed by atoms with Gasteiger partial charge in [0.05, 0.1) is 5.56 Å². The lowest BCUT2D eigenvalue weighted by molar-refractivity contribution is 1.22. The fraction of sp³-hybridized carbons (Fsp3) is 0. The van der Waals surface area contributed by atoms with Crippen LogP contribution < -0.4 is 10.9 Å². The van der Waals surface area contributed by atoms with Gasteiger partial charge in [-0.3, -0.25) is 4.79 Å². The number of rotatable bonds is 4. The second-order valence-electron chi connectivity index (χ2n) is 4.71. The fourth-order valence-corrected chi connectivity index (χ4v) is 2.14. The van der Waals surface area contributed by atoms with Gasteiger partial charge in [-0.2, -0.15) is 0 Å². The van der Waals surface area contributed by atoms with Crippen molar-refractivity contribution in [2.75, 3.05) is 5.32 Å². The highest BCUT2D eigenvalue weighted by Gasteiger charge is 2.07. The van der Waals surface area contributed by atoms with Crippen LogP contribution >= 0.6 is 0 Å². The van der Waals surface area contributed by atoms with Gasteiger partial charge in [0.25, 0.3) is 5.56 Å². The number of hydrogen-bond acceptors (Lipinski definition) is 4. The summed E-state index contributed by atoms with van der Waals surface area (Å²) in [5, 5.41) is 11.5. The standard InChI is InChI=1S/C17H14N4O/c18-10-13(11-20-14-6-2-1-3-7-14)15-9-12-5-4-8-19-16(12)21-17(15)22/h1-11,18,20H,(H,19,21,22)/b13-11+,18-10?. The highest BCUT2D eigenvalue weighted by atomic mass is 16.1. The molecule has 108 valence electrons. The van der Waals surface area contributed by atoms with Crippen LogP contribution in [0.1, 0.15) is 5.56 Å². The lowest BCUT2D eigenvalue weighted by Crippen LogP contribution is -2.13. The maximum absolute atomic E-state index is 12.2. The molecular weight excluding hydrogens is 276 g/mol. The van der Waals surface area contributed by atoms with E-state index in [4.69, 9.17) is 5.41 Å². The molecule has 0 aliphatic heterocycles. The zero-order valence-corrected chi connectivity index (χ0v) is 11.7. The number of pyridine rings is 2. The first kappa shape index (κ1) is 13.8. The summed E-state index contributed by atoms with van der Waals surface area (Å²) in [7, 11) is 0.